The standard InChI is InChI=1S/C26H15ClF3N5O3.C6H12O/c27-26-25(21-10-23(36)35-38-21)33-22(34-26)8-15-7-19(30)16(9-18(15)29)20-2-1-3-24(32-20)37-12-14-5-4-13(11-31)6-17(14)28;1-6(2)3-4-7-5-6/h1-7,9-10H,8,12H2,(H,33,34)(H,35,36);3-5H2,1-2H3. The first-order valence-corrected chi connectivity index (χ1v) is 14.2. The summed E-state index contributed by atoms with van der Waals surface area (Å²) >= 11 is 6.12. The van der Waals surface area contributed by atoms with Crippen LogP contribution < -0.4 is 10.3 Å². The molecule has 9 nitrogen and oxygen atoms in total. The number of hydrogen-bond donors (Lipinski definition) is 2. The maximum absolute atomic E-state index is 15.0. The van der Waals surface area contributed by atoms with Crippen LogP contribution >= 0.6 is 11.6 Å². The molecule has 4 heterocycles. The molecule has 0 aliphatic carbocycles. The second kappa shape index (κ2) is 13.4. The third-order valence-electron chi connectivity index (χ3n) is 6.93. The fourth-order valence-corrected chi connectivity index (χ4v) is 4.69. The molecule has 232 valence electrons. The first-order valence-electron chi connectivity index (χ1n) is 13.8. The van der Waals surface area contributed by atoms with Crippen LogP contribution in [0.5, 0.6) is 5.88 Å². The minimum Gasteiger partial charge on any atom is -0.473 e. The molecule has 1 saturated heterocycles. The average Bonchev–Trinajstić information content (AvgIpc) is 3.73. The van der Waals surface area contributed by atoms with Gasteiger partial charge in [0.1, 0.15) is 40.7 Å². The van der Waals surface area contributed by atoms with Gasteiger partial charge in [-0.1, -0.05) is 37.6 Å². The summed E-state index contributed by atoms with van der Waals surface area (Å²) in [7, 11) is 0. The molecule has 6 rings (SSSR count). The highest BCUT2D eigenvalue weighted by Gasteiger charge is 2.23. The van der Waals surface area contributed by atoms with E-state index in [-0.39, 0.29) is 69.3 Å². The van der Waals surface area contributed by atoms with Crippen LogP contribution in [-0.2, 0) is 17.8 Å². The molecule has 0 unspecified atom stereocenters. The fraction of sp³-hybridized carbons (Fsp3) is 0.250. The van der Waals surface area contributed by atoms with Crippen molar-refractivity contribution < 1.29 is 27.2 Å². The van der Waals surface area contributed by atoms with E-state index in [2.05, 4.69) is 34.0 Å². The van der Waals surface area contributed by atoms with Crippen molar-refractivity contribution in [3.8, 4) is 34.7 Å². The van der Waals surface area contributed by atoms with Gasteiger partial charge in [-0.3, -0.25) is 4.79 Å². The molecule has 0 amide bonds. The van der Waals surface area contributed by atoms with Crippen LogP contribution in [0.1, 0.15) is 42.8 Å². The Hall–Kier alpha value is -4.86. The van der Waals surface area contributed by atoms with Crippen molar-refractivity contribution in [2.75, 3.05) is 13.2 Å². The second-order valence-electron chi connectivity index (χ2n) is 11.1. The van der Waals surface area contributed by atoms with Gasteiger partial charge >= 0.3 is 0 Å². The van der Waals surface area contributed by atoms with Crippen LogP contribution in [0, 0.1) is 34.2 Å². The van der Waals surface area contributed by atoms with Crippen molar-refractivity contribution >= 4 is 11.6 Å². The van der Waals surface area contributed by atoms with E-state index in [0.717, 1.165) is 37.5 Å². The number of ether oxygens (including phenoxy) is 2. The summed E-state index contributed by atoms with van der Waals surface area (Å²) in [5.74, 6) is -1.66. The Balaban J connectivity index is 0.000000505. The molecule has 13 heteroatoms. The third kappa shape index (κ3) is 7.81. The maximum atomic E-state index is 15.0. The van der Waals surface area contributed by atoms with Gasteiger partial charge in [-0.2, -0.15) is 10.4 Å². The zero-order chi connectivity index (χ0) is 32.1. The number of nitrogens with one attached hydrogen (secondary N) is 2. The van der Waals surface area contributed by atoms with Gasteiger partial charge < -0.3 is 19.0 Å². The number of imidazole rings is 1. The van der Waals surface area contributed by atoms with Crippen molar-refractivity contribution in [3.63, 3.8) is 0 Å². The van der Waals surface area contributed by atoms with E-state index in [1.165, 1.54) is 30.7 Å². The highest BCUT2D eigenvalue weighted by molar-refractivity contribution is 6.31. The molecule has 5 aromatic rings. The summed E-state index contributed by atoms with van der Waals surface area (Å²) in [6.45, 7) is 6.21. The number of aromatic nitrogens is 4. The lowest BCUT2D eigenvalue weighted by Crippen LogP contribution is -2.08. The molecule has 0 radical (unpaired) electrons. The number of rotatable bonds is 7. The highest BCUT2D eigenvalue weighted by Crippen LogP contribution is 2.29. The van der Waals surface area contributed by atoms with Gasteiger partial charge in [-0.15, -0.1) is 0 Å². The van der Waals surface area contributed by atoms with E-state index < -0.39 is 23.0 Å². The Morgan fingerprint density at radius 2 is 1.84 bits per heavy atom. The number of nitrogens with zero attached hydrogens (tertiary/aromatic N) is 3. The van der Waals surface area contributed by atoms with E-state index in [9.17, 15) is 13.6 Å². The summed E-state index contributed by atoms with van der Waals surface area (Å²) in [4.78, 5) is 22.5. The smallest absolute Gasteiger partial charge is 0.280 e. The Morgan fingerprint density at radius 3 is 2.49 bits per heavy atom. The first kappa shape index (κ1) is 31.6. The zero-order valence-electron chi connectivity index (χ0n) is 24.2. The summed E-state index contributed by atoms with van der Waals surface area (Å²) in [5, 5.41) is 11.0. The minimum atomic E-state index is -0.737. The highest BCUT2D eigenvalue weighted by atomic mass is 35.5. The van der Waals surface area contributed by atoms with Gasteiger partial charge in [0.05, 0.1) is 30.0 Å². The Kier molecular flexibility index (Phi) is 9.41. The lowest BCUT2D eigenvalue weighted by molar-refractivity contribution is 0.167. The lowest BCUT2D eigenvalue weighted by atomic mass is 9.94. The normalized spacial score (nSPS) is 13.6. The number of nitriles is 1. The largest absolute Gasteiger partial charge is 0.473 e. The van der Waals surface area contributed by atoms with Gasteiger partial charge in [0.25, 0.3) is 5.56 Å². The molecule has 1 aliphatic heterocycles. The SMILES string of the molecule is CC1(C)CCOC1.N#Cc1ccc(COc2cccc(-c3cc(F)c(Cc4nc(-c5cc(=O)[nH]o5)c(Cl)[nH]4)cc3F)n2)c(F)c1. The van der Waals surface area contributed by atoms with Crippen molar-refractivity contribution in [1.82, 2.24) is 20.1 Å². The topological polar surface area (TPSA) is 130 Å². The molecule has 2 aromatic carbocycles. The van der Waals surface area contributed by atoms with Gasteiger partial charge in [0.15, 0.2) is 5.76 Å². The number of hydrogen-bond acceptors (Lipinski definition) is 7. The van der Waals surface area contributed by atoms with Gasteiger partial charge in [-0.05, 0) is 47.7 Å². The molecule has 1 aliphatic rings. The number of benzene rings is 2. The first-order chi connectivity index (χ1) is 21.5. The molecule has 2 N–H and O–H groups in total. The molecule has 0 bridgehead atoms. The van der Waals surface area contributed by atoms with Crippen molar-refractivity contribution in [1.29, 1.82) is 5.26 Å². The van der Waals surface area contributed by atoms with Crippen LogP contribution in [-0.4, -0.2) is 33.3 Å². The number of halogens is 4. The van der Waals surface area contributed by atoms with E-state index in [4.69, 9.17) is 30.9 Å². The van der Waals surface area contributed by atoms with E-state index in [0.29, 0.717) is 5.41 Å². The summed E-state index contributed by atoms with van der Waals surface area (Å²) in [5.41, 5.74) is 0.537. The third-order valence-corrected chi connectivity index (χ3v) is 7.21. The van der Waals surface area contributed by atoms with Gasteiger partial charge in [0.2, 0.25) is 5.88 Å². The predicted octanol–water partition coefficient (Wildman–Crippen LogP) is 6.97. The monoisotopic (exact) mass is 637 g/mol. The fourth-order valence-electron chi connectivity index (χ4n) is 4.44. The number of aromatic amines is 2. The van der Waals surface area contributed by atoms with Crippen LogP contribution in [0.3, 0.4) is 0 Å². The van der Waals surface area contributed by atoms with Crippen LogP contribution in [0.25, 0.3) is 22.7 Å². The van der Waals surface area contributed by atoms with Crippen LogP contribution in [0.2, 0.25) is 5.15 Å². The maximum Gasteiger partial charge on any atom is 0.280 e. The van der Waals surface area contributed by atoms with Crippen LogP contribution in [0.15, 0.2) is 63.9 Å². The molecule has 45 heavy (non-hydrogen) atoms. The summed E-state index contributed by atoms with van der Waals surface area (Å²) in [6, 6.07) is 13.5. The van der Waals surface area contributed by atoms with Gasteiger partial charge in [0, 0.05) is 30.2 Å². The Bertz CT molecular complexity index is 1920. The molecule has 0 saturated carbocycles. The zero-order valence-corrected chi connectivity index (χ0v) is 25.0. The van der Waals surface area contributed by atoms with E-state index >= 15 is 4.39 Å². The van der Waals surface area contributed by atoms with Gasteiger partial charge in [-0.25, -0.2) is 23.1 Å². The van der Waals surface area contributed by atoms with E-state index in [1.807, 2.05) is 6.07 Å². The minimum absolute atomic E-state index is 0.00225. The lowest BCUT2D eigenvalue weighted by Gasteiger charge is -2.11. The average molecular weight is 638 g/mol. The second-order valence-corrected chi connectivity index (χ2v) is 11.4. The van der Waals surface area contributed by atoms with E-state index in [1.54, 1.807) is 6.07 Å². The van der Waals surface area contributed by atoms with Crippen LogP contribution in [0.4, 0.5) is 13.2 Å². The van der Waals surface area contributed by atoms with Crippen molar-refractivity contribution in [2.24, 2.45) is 5.41 Å². The summed E-state index contributed by atoms with van der Waals surface area (Å²) < 4.78 is 59.8. The quantitative estimate of drug-likeness (QED) is 0.197. The molecular weight excluding hydrogens is 611 g/mol. The molecular formula is C32H27ClF3N5O4. The van der Waals surface area contributed by atoms with Crippen molar-refractivity contribution in [2.45, 2.75) is 33.3 Å². The van der Waals surface area contributed by atoms with Crippen molar-refractivity contribution in [3.05, 3.63) is 110 Å². The molecule has 3 aromatic heterocycles. The Labute approximate surface area is 260 Å². The Morgan fingerprint density at radius 1 is 1.04 bits per heavy atom. The molecule has 0 spiro atoms. The molecule has 0 atom stereocenters. The molecule has 1 fully saturated rings. The number of H-pyrrole nitrogens is 2. The number of pyridine rings is 1. The summed E-state index contributed by atoms with van der Waals surface area (Å²) in [6.07, 6.45) is 1.11. The predicted molar refractivity (Wildman–Crippen MR) is 159 cm³/mol.